The standard InChI is InChI=1S/C26H27N3O3/c1-32-24-10-5-9-21(17-24)18-27-25(30)22-11-13-23(14-12-22)29-16-6-15-28(26(29)31)19-20-7-3-2-4-8-20/h2-5,7-14,17H,6,15-16,18-19H2,1H3,(H,27,30). The second-order valence-electron chi connectivity index (χ2n) is 7.78. The van der Waals surface area contributed by atoms with E-state index in [1.807, 2.05) is 71.6 Å². The third kappa shape index (κ3) is 5.09. The zero-order valence-electron chi connectivity index (χ0n) is 18.2. The maximum absolute atomic E-state index is 13.0. The van der Waals surface area contributed by atoms with Crippen molar-refractivity contribution in [2.75, 3.05) is 25.1 Å². The molecular formula is C26H27N3O3. The van der Waals surface area contributed by atoms with Gasteiger partial charge in [0.15, 0.2) is 0 Å². The van der Waals surface area contributed by atoms with Crippen LogP contribution in [0, 0.1) is 0 Å². The maximum Gasteiger partial charge on any atom is 0.324 e. The van der Waals surface area contributed by atoms with Crippen molar-refractivity contribution in [3.8, 4) is 5.75 Å². The van der Waals surface area contributed by atoms with Crippen molar-refractivity contribution < 1.29 is 14.3 Å². The second-order valence-corrected chi connectivity index (χ2v) is 7.78. The summed E-state index contributed by atoms with van der Waals surface area (Å²) < 4.78 is 5.22. The van der Waals surface area contributed by atoms with Gasteiger partial charge in [0.2, 0.25) is 0 Å². The lowest BCUT2D eigenvalue weighted by molar-refractivity contribution is 0.0951. The summed E-state index contributed by atoms with van der Waals surface area (Å²) in [4.78, 5) is 29.2. The highest BCUT2D eigenvalue weighted by atomic mass is 16.5. The Balaban J connectivity index is 1.37. The molecule has 164 valence electrons. The van der Waals surface area contributed by atoms with Crippen molar-refractivity contribution in [1.82, 2.24) is 10.2 Å². The molecule has 3 amide bonds. The largest absolute Gasteiger partial charge is 0.497 e. The Morgan fingerprint density at radius 3 is 2.44 bits per heavy atom. The van der Waals surface area contributed by atoms with Crippen LogP contribution in [-0.2, 0) is 13.1 Å². The van der Waals surface area contributed by atoms with Gasteiger partial charge >= 0.3 is 6.03 Å². The Labute approximate surface area is 188 Å². The Kier molecular flexibility index (Phi) is 6.70. The number of methoxy groups -OCH3 is 1. The van der Waals surface area contributed by atoms with Gasteiger partial charge in [0, 0.05) is 37.4 Å². The summed E-state index contributed by atoms with van der Waals surface area (Å²) >= 11 is 0. The van der Waals surface area contributed by atoms with Crippen molar-refractivity contribution in [3.05, 3.63) is 95.6 Å². The van der Waals surface area contributed by atoms with E-state index in [0.717, 1.165) is 35.5 Å². The van der Waals surface area contributed by atoms with Crippen molar-refractivity contribution in [3.63, 3.8) is 0 Å². The van der Waals surface area contributed by atoms with E-state index in [-0.39, 0.29) is 11.9 Å². The molecule has 0 aromatic heterocycles. The van der Waals surface area contributed by atoms with Crippen LogP contribution in [0.3, 0.4) is 0 Å². The minimum Gasteiger partial charge on any atom is -0.497 e. The number of nitrogens with zero attached hydrogens (tertiary/aromatic N) is 2. The summed E-state index contributed by atoms with van der Waals surface area (Å²) in [6.07, 6.45) is 0.904. The van der Waals surface area contributed by atoms with Crippen LogP contribution in [0.15, 0.2) is 78.9 Å². The van der Waals surface area contributed by atoms with E-state index >= 15 is 0 Å². The Hall–Kier alpha value is -3.80. The first-order valence-corrected chi connectivity index (χ1v) is 10.8. The van der Waals surface area contributed by atoms with Gasteiger partial charge in [0.1, 0.15) is 5.75 Å². The Bertz CT molecular complexity index is 1070. The quantitative estimate of drug-likeness (QED) is 0.603. The fraction of sp³-hybridized carbons (Fsp3) is 0.231. The normalized spacial score (nSPS) is 13.7. The lowest BCUT2D eigenvalue weighted by Crippen LogP contribution is -2.49. The first-order valence-electron chi connectivity index (χ1n) is 10.8. The molecule has 3 aromatic rings. The molecule has 0 aliphatic carbocycles. The van der Waals surface area contributed by atoms with E-state index in [1.165, 1.54) is 0 Å². The van der Waals surface area contributed by atoms with Gasteiger partial charge in [-0.15, -0.1) is 0 Å². The topological polar surface area (TPSA) is 61.9 Å². The molecule has 32 heavy (non-hydrogen) atoms. The zero-order valence-corrected chi connectivity index (χ0v) is 18.2. The molecule has 1 N–H and O–H groups in total. The Morgan fingerprint density at radius 2 is 1.69 bits per heavy atom. The van der Waals surface area contributed by atoms with Gasteiger partial charge in [-0.05, 0) is 53.9 Å². The number of amides is 3. The monoisotopic (exact) mass is 429 g/mol. The number of carbonyl (C=O) groups excluding carboxylic acids is 2. The maximum atomic E-state index is 13.0. The summed E-state index contributed by atoms with van der Waals surface area (Å²) in [6.45, 7) is 2.43. The van der Waals surface area contributed by atoms with Gasteiger partial charge in [0.25, 0.3) is 5.91 Å². The highest BCUT2D eigenvalue weighted by Gasteiger charge is 2.26. The molecule has 1 fully saturated rings. The van der Waals surface area contributed by atoms with Crippen LogP contribution in [0.25, 0.3) is 0 Å². The molecule has 0 unspecified atom stereocenters. The summed E-state index contributed by atoms with van der Waals surface area (Å²) in [5.41, 5.74) is 3.44. The summed E-state index contributed by atoms with van der Waals surface area (Å²) in [6, 6.07) is 24.8. The highest BCUT2D eigenvalue weighted by molar-refractivity contribution is 5.96. The molecule has 0 spiro atoms. The second kappa shape index (κ2) is 10.0. The lowest BCUT2D eigenvalue weighted by atomic mass is 10.1. The zero-order chi connectivity index (χ0) is 22.3. The van der Waals surface area contributed by atoms with Crippen molar-refractivity contribution in [2.24, 2.45) is 0 Å². The number of hydrogen-bond acceptors (Lipinski definition) is 3. The molecule has 1 heterocycles. The van der Waals surface area contributed by atoms with Crippen molar-refractivity contribution >= 4 is 17.6 Å². The van der Waals surface area contributed by atoms with Crippen LogP contribution < -0.4 is 15.0 Å². The van der Waals surface area contributed by atoms with E-state index in [4.69, 9.17) is 4.74 Å². The molecule has 0 bridgehead atoms. The number of ether oxygens (including phenoxy) is 1. The number of urea groups is 1. The molecule has 3 aromatic carbocycles. The molecule has 1 aliphatic heterocycles. The van der Waals surface area contributed by atoms with E-state index < -0.39 is 0 Å². The molecule has 4 rings (SSSR count). The fourth-order valence-corrected chi connectivity index (χ4v) is 3.83. The molecule has 0 radical (unpaired) electrons. The molecule has 0 atom stereocenters. The summed E-state index contributed by atoms with van der Waals surface area (Å²) in [5, 5.41) is 2.93. The minimum atomic E-state index is -0.157. The van der Waals surface area contributed by atoms with Crippen LogP contribution in [0.4, 0.5) is 10.5 Å². The predicted molar refractivity (Wildman–Crippen MR) is 125 cm³/mol. The van der Waals surface area contributed by atoms with Crippen LogP contribution in [0.1, 0.15) is 27.9 Å². The van der Waals surface area contributed by atoms with Crippen LogP contribution in [0.2, 0.25) is 0 Å². The molecule has 1 saturated heterocycles. The first-order chi connectivity index (χ1) is 15.6. The highest BCUT2D eigenvalue weighted by Crippen LogP contribution is 2.22. The van der Waals surface area contributed by atoms with E-state index in [9.17, 15) is 9.59 Å². The number of carbonyl (C=O) groups is 2. The molecule has 0 saturated carbocycles. The molecule has 1 aliphatic rings. The summed E-state index contributed by atoms with van der Waals surface area (Å²) in [7, 11) is 1.62. The smallest absolute Gasteiger partial charge is 0.324 e. The first kappa shape index (κ1) is 21.4. The van der Waals surface area contributed by atoms with E-state index in [0.29, 0.717) is 25.2 Å². The van der Waals surface area contributed by atoms with Crippen LogP contribution in [-0.4, -0.2) is 37.0 Å². The molecule has 6 nitrogen and oxygen atoms in total. The van der Waals surface area contributed by atoms with Gasteiger partial charge in [-0.3, -0.25) is 9.69 Å². The lowest BCUT2D eigenvalue weighted by Gasteiger charge is -2.35. The summed E-state index contributed by atoms with van der Waals surface area (Å²) in [5.74, 6) is 0.601. The number of nitrogens with one attached hydrogen (secondary N) is 1. The van der Waals surface area contributed by atoms with Gasteiger partial charge < -0.3 is 15.0 Å². The van der Waals surface area contributed by atoms with Crippen molar-refractivity contribution in [2.45, 2.75) is 19.5 Å². The number of rotatable bonds is 7. The fourth-order valence-electron chi connectivity index (χ4n) is 3.83. The number of anilines is 1. The molecular weight excluding hydrogens is 402 g/mol. The van der Waals surface area contributed by atoms with Crippen LogP contribution in [0.5, 0.6) is 5.75 Å². The third-order valence-electron chi connectivity index (χ3n) is 5.56. The van der Waals surface area contributed by atoms with Crippen molar-refractivity contribution in [1.29, 1.82) is 0 Å². The Morgan fingerprint density at radius 1 is 0.938 bits per heavy atom. The third-order valence-corrected chi connectivity index (χ3v) is 5.56. The molecule has 6 heteroatoms. The predicted octanol–water partition coefficient (Wildman–Crippen LogP) is 4.46. The van der Waals surface area contributed by atoms with Gasteiger partial charge in [-0.25, -0.2) is 4.79 Å². The minimum absolute atomic E-state index is 0.00432. The SMILES string of the molecule is COc1cccc(CNC(=O)c2ccc(N3CCCN(Cc4ccccc4)C3=O)cc2)c1. The van der Waals surface area contributed by atoms with E-state index in [2.05, 4.69) is 5.32 Å². The van der Waals surface area contributed by atoms with Gasteiger partial charge in [0.05, 0.1) is 7.11 Å². The average molecular weight is 430 g/mol. The van der Waals surface area contributed by atoms with Gasteiger partial charge in [-0.1, -0.05) is 42.5 Å². The average Bonchev–Trinajstić information content (AvgIpc) is 2.85. The van der Waals surface area contributed by atoms with E-state index in [1.54, 1.807) is 24.1 Å². The van der Waals surface area contributed by atoms with Gasteiger partial charge in [-0.2, -0.15) is 0 Å². The van der Waals surface area contributed by atoms with Crippen LogP contribution >= 0.6 is 0 Å². The number of benzene rings is 3. The number of hydrogen-bond donors (Lipinski definition) is 1.